The molecule has 0 unspecified atom stereocenters. The summed E-state index contributed by atoms with van der Waals surface area (Å²) >= 11 is 0. The van der Waals surface area contributed by atoms with Gasteiger partial charge in [0, 0.05) is 11.4 Å². The molecule has 0 radical (unpaired) electrons. The van der Waals surface area contributed by atoms with Crippen LogP contribution in [0.4, 0.5) is 26.3 Å². The zero-order valence-corrected chi connectivity index (χ0v) is 14.9. The number of carbonyl (C=O) groups excluding carboxylic acids is 1. The van der Waals surface area contributed by atoms with Gasteiger partial charge in [0.25, 0.3) is 5.91 Å². The standard InChI is InChI=1S/C19H14F6N2O2/c1-10-15(17(26)28)8-16(27(10)9-14-3-2-4-29-14)11-5-12(18(20,21)22)7-13(6-11)19(23,24)25/h2-8H,9H2,1H3,(H2,26,28). The number of carbonyl (C=O) groups is 1. The van der Waals surface area contributed by atoms with Crippen molar-refractivity contribution in [2.24, 2.45) is 5.73 Å². The highest BCUT2D eigenvalue weighted by molar-refractivity contribution is 5.95. The third-order valence-electron chi connectivity index (χ3n) is 4.41. The lowest BCUT2D eigenvalue weighted by Crippen LogP contribution is -2.13. The molecule has 3 rings (SSSR count). The summed E-state index contributed by atoms with van der Waals surface area (Å²) in [7, 11) is 0. The number of nitrogens with two attached hydrogens (primary N) is 1. The van der Waals surface area contributed by atoms with E-state index in [0.29, 0.717) is 17.9 Å². The Kier molecular flexibility index (Phi) is 4.97. The number of furan rings is 1. The van der Waals surface area contributed by atoms with E-state index in [1.807, 2.05) is 0 Å². The van der Waals surface area contributed by atoms with Crippen molar-refractivity contribution in [2.45, 2.75) is 25.8 Å². The number of benzene rings is 1. The number of hydrogen-bond donors (Lipinski definition) is 1. The van der Waals surface area contributed by atoms with Crippen LogP contribution in [0.5, 0.6) is 0 Å². The minimum absolute atomic E-state index is 0.0148. The third-order valence-corrected chi connectivity index (χ3v) is 4.41. The molecule has 0 bridgehead atoms. The van der Waals surface area contributed by atoms with Crippen LogP contribution >= 0.6 is 0 Å². The fourth-order valence-corrected chi connectivity index (χ4v) is 3.00. The average Bonchev–Trinajstić information content (AvgIpc) is 3.22. The first-order valence-corrected chi connectivity index (χ1v) is 8.20. The Hall–Kier alpha value is -3.17. The van der Waals surface area contributed by atoms with Gasteiger partial charge in [0.1, 0.15) is 5.76 Å². The molecule has 0 spiro atoms. The van der Waals surface area contributed by atoms with Crippen LogP contribution in [0.2, 0.25) is 0 Å². The second kappa shape index (κ2) is 7.02. The van der Waals surface area contributed by atoms with E-state index in [1.165, 1.54) is 23.8 Å². The van der Waals surface area contributed by atoms with Crippen molar-refractivity contribution in [3.63, 3.8) is 0 Å². The van der Waals surface area contributed by atoms with Gasteiger partial charge >= 0.3 is 12.4 Å². The number of primary amides is 1. The van der Waals surface area contributed by atoms with Crippen LogP contribution in [-0.4, -0.2) is 10.5 Å². The lowest BCUT2D eigenvalue weighted by atomic mass is 10.0. The van der Waals surface area contributed by atoms with Gasteiger partial charge in [0.05, 0.1) is 29.5 Å². The number of rotatable bonds is 4. The van der Waals surface area contributed by atoms with E-state index in [1.54, 1.807) is 12.1 Å². The first-order chi connectivity index (χ1) is 13.4. The predicted octanol–water partition coefficient (Wildman–Crippen LogP) is 5.24. The Morgan fingerprint density at radius 3 is 2.07 bits per heavy atom. The molecule has 29 heavy (non-hydrogen) atoms. The third kappa shape index (κ3) is 4.15. The van der Waals surface area contributed by atoms with Crippen molar-refractivity contribution in [1.29, 1.82) is 0 Å². The Morgan fingerprint density at radius 2 is 1.62 bits per heavy atom. The van der Waals surface area contributed by atoms with Crippen molar-refractivity contribution >= 4 is 5.91 Å². The van der Waals surface area contributed by atoms with E-state index < -0.39 is 29.4 Å². The lowest BCUT2D eigenvalue weighted by Gasteiger charge is -2.16. The first-order valence-electron chi connectivity index (χ1n) is 8.20. The summed E-state index contributed by atoms with van der Waals surface area (Å²) in [6.07, 6.45) is -8.61. The van der Waals surface area contributed by atoms with Gasteiger partial charge < -0.3 is 14.7 Å². The number of aromatic nitrogens is 1. The van der Waals surface area contributed by atoms with Gasteiger partial charge in [0.2, 0.25) is 0 Å². The van der Waals surface area contributed by atoms with Gasteiger partial charge in [-0.1, -0.05) is 0 Å². The molecule has 0 saturated heterocycles. The summed E-state index contributed by atoms with van der Waals surface area (Å²) < 4.78 is 85.8. The first kappa shape index (κ1) is 20.6. The average molecular weight is 416 g/mol. The summed E-state index contributed by atoms with van der Waals surface area (Å²) in [6, 6.07) is 5.59. The molecular weight excluding hydrogens is 402 g/mol. The Bertz CT molecular complexity index is 1010. The highest BCUT2D eigenvalue weighted by Crippen LogP contribution is 2.39. The topological polar surface area (TPSA) is 61.2 Å². The zero-order valence-electron chi connectivity index (χ0n) is 14.9. The summed E-state index contributed by atoms with van der Waals surface area (Å²) in [4.78, 5) is 11.7. The fourth-order valence-electron chi connectivity index (χ4n) is 3.00. The van der Waals surface area contributed by atoms with Crippen LogP contribution in [0.25, 0.3) is 11.3 Å². The molecule has 0 atom stereocenters. The van der Waals surface area contributed by atoms with Gasteiger partial charge in [-0.15, -0.1) is 0 Å². The fraction of sp³-hybridized carbons (Fsp3) is 0.211. The molecule has 2 aromatic heterocycles. The number of hydrogen-bond acceptors (Lipinski definition) is 2. The summed E-state index contributed by atoms with van der Waals surface area (Å²) in [5, 5.41) is 0. The second-order valence-corrected chi connectivity index (χ2v) is 6.35. The molecule has 154 valence electrons. The van der Waals surface area contributed by atoms with Gasteiger partial charge in [-0.3, -0.25) is 4.79 Å². The molecule has 0 aliphatic heterocycles. The number of halogens is 6. The Morgan fingerprint density at radius 1 is 1.03 bits per heavy atom. The molecule has 1 amide bonds. The minimum Gasteiger partial charge on any atom is -0.467 e. The van der Waals surface area contributed by atoms with Crippen molar-refractivity contribution in [3.8, 4) is 11.3 Å². The van der Waals surface area contributed by atoms with E-state index in [0.717, 1.165) is 0 Å². The van der Waals surface area contributed by atoms with Crippen LogP contribution in [0.1, 0.15) is 32.9 Å². The summed E-state index contributed by atoms with van der Waals surface area (Å²) in [6.45, 7) is 1.48. The highest BCUT2D eigenvalue weighted by Gasteiger charge is 2.37. The van der Waals surface area contributed by atoms with Gasteiger partial charge in [-0.05, 0) is 48.9 Å². The molecule has 2 heterocycles. The summed E-state index contributed by atoms with van der Waals surface area (Å²) in [5.41, 5.74) is 2.30. The molecule has 0 saturated carbocycles. The normalized spacial score (nSPS) is 12.4. The number of amides is 1. The van der Waals surface area contributed by atoms with Crippen molar-refractivity contribution in [1.82, 2.24) is 4.57 Å². The quantitative estimate of drug-likeness (QED) is 0.592. The molecule has 0 aliphatic carbocycles. The Labute approximate surface area is 160 Å². The summed E-state index contributed by atoms with van der Waals surface area (Å²) in [5.74, 6) is -0.464. The Balaban J connectivity index is 2.26. The maximum atomic E-state index is 13.2. The maximum absolute atomic E-state index is 13.2. The van der Waals surface area contributed by atoms with Crippen molar-refractivity contribution in [3.05, 3.63) is 70.8 Å². The van der Waals surface area contributed by atoms with Crippen LogP contribution in [0, 0.1) is 6.92 Å². The van der Waals surface area contributed by atoms with E-state index >= 15 is 0 Å². The minimum atomic E-state index is -4.99. The van der Waals surface area contributed by atoms with E-state index in [-0.39, 0.29) is 35.1 Å². The van der Waals surface area contributed by atoms with Gasteiger partial charge in [-0.25, -0.2) is 0 Å². The molecule has 3 aromatic rings. The van der Waals surface area contributed by atoms with E-state index in [9.17, 15) is 31.1 Å². The number of alkyl halides is 6. The van der Waals surface area contributed by atoms with Crippen LogP contribution in [0.15, 0.2) is 47.1 Å². The van der Waals surface area contributed by atoms with Crippen molar-refractivity contribution in [2.75, 3.05) is 0 Å². The molecule has 4 nitrogen and oxygen atoms in total. The number of nitrogens with zero attached hydrogens (tertiary/aromatic N) is 1. The van der Waals surface area contributed by atoms with Gasteiger partial charge in [-0.2, -0.15) is 26.3 Å². The predicted molar refractivity (Wildman–Crippen MR) is 90.9 cm³/mol. The highest BCUT2D eigenvalue weighted by atomic mass is 19.4. The van der Waals surface area contributed by atoms with E-state index in [2.05, 4.69) is 0 Å². The molecule has 10 heteroatoms. The van der Waals surface area contributed by atoms with Crippen LogP contribution in [0.3, 0.4) is 0 Å². The maximum Gasteiger partial charge on any atom is 0.416 e. The lowest BCUT2D eigenvalue weighted by molar-refractivity contribution is -0.143. The zero-order chi connectivity index (χ0) is 21.6. The van der Waals surface area contributed by atoms with Crippen LogP contribution < -0.4 is 5.73 Å². The molecule has 0 aliphatic rings. The van der Waals surface area contributed by atoms with Crippen LogP contribution in [-0.2, 0) is 18.9 Å². The molecule has 2 N–H and O–H groups in total. The second-order valence-electron chi connectivity index (χ2n) is 6.35. The SMILES string of the molecule is Cc1c(C(N)=O)cc(-c2cc(C(F)(F)F)cc(C(F)(F)F)c2)n1Cc1ccco1. The van der Waals surface area contributed by atoms with Crippen molar-refractivity contribution < 1.29 is 35.6 Å². The molecular formula is C19H14F6N2O2. The van der Waals surface area contributed by atoms with Gasteiger partial charge in [0.15, 0.2) is 0 Å². The molecule has 1 aromatic carbocycles. The molecule has 0 fully saturated rings. The van der Waals surface area contributed by atoms with E-state index in [4.69, 9.17) is 10.2 Å². The largest absolute Gasteiger partial charge is 0.467 e. The smallest absolute Gasteiger partial charge is 0.416 e. The monoisotopic (exact) mass is 416 g/mol.